The van der Waals surface area contributed by atoms with Crippen LogP contribution in [0.1, 0.15) is 47.2 Å². The van der Waals surface area contributed by atoms with E-state index < -0.39 is 0 Å². The van der Waals surface area contributed by atoms with Gasteiger partial charge in [-0.15, -0.1) is 10.2 Å². The molecule has 1 aliphatic rings. The number of para-hydroxylation sites is 2. The predicted molar refractivity (Wildman–Crippen MR) is 183 cm³/mol. The number of aromatic nitrogens is 5. The molecule has 2 atom stereocenters. The molecule has 8 nitrogen and oxygen atoms in total. The quantitative estimate of drug-likeness (QED) is 0.145. The Morgan fingerprint density at radius 2 is 1.48 bits per heavy atom. The van der Waals surface area contributed by atoms with Gasteiger partial charge in [0, 0.05) is 47.0 Å². The average Bonchev–Trinajstić information content (AvgIpc) is 3.91. The highest BCUT2D eigenvalue weighted by Crippen LogP contribution is 2.28. The predicted octanol–water partition coefficient (Wildman–Crippen LogP) is 6.38. The molecule has 3 aromatic heterocycles. The Hall–Kier alpha value is -5.21. The van der Waals surface area contributed by atoms with Crippen molar-refractivity contribution in [3.05, 3.63) is 132 Å². The number of aromatic amines is 2. The van der Waals surface area contributed by atoms with Crippen molar-refractivity contribution < 1.29 is 4.79 Å². The number of hydrogen-bond acceptors (Lipinski definition) is 4. The van der Waals surface area contributed by atoms with Crippen molar-refractivity contribution >= 4 is 38.5 Å². The number of carbonyl (C=O) groups is 1. The minimum Gasteiger partial charge on any atom is -0.361 e. The monoisotopic (exact) mass is 607 g/mol. The molecular formula is C38H37N7O. The van der Waals surface area contributed by atoms with Gasteiger partial charge in [0.05, 0.1) is 18.6 Å². The Bertz CT molecular complexity index is 2140. The van der Waals surface area contributed by atoms with Crippen LogP contribution in [0.25, 0.3) is 32.6 Å². The molecule has 8 heteroatoms. The van der Waals surface area contributed by atoms with Crippen LogP contribution in [0, 0.1) is 0 Å². The summed E-state index contributed by atoms with van der Waals surface area (Å²) in [6.07, 6.45) is 8.14. The van der Waals surface area contributed by atoms with Crippen LogP contribution in [-0.4, -0.2) is 43.2 Å². The van der Waals surface area contributed by atoms with E-state index in [2.05, 4.69) is 122 Å². The summed E-state index contributed by atoms with van der Waals surface area (Å²) in [4.78, 5) is 20.5. The van der Waals surface area contributed by atoms with E-state index in [9.17, 15) is 4.79 Å². The van der Waals surface area contributed by atoms with E-state index in [1.165, 1.54) is 27.3 Å². The average molecular weight is 608 g/mol. The van der Waals surface area contributed by atoms with Crippen molar-refractivity contribution in [2.75, 3.05) is 6.54 Å². The molecule has 1 saturated heterocycles. The maximum atomic E-state index is 13.6. The third kappa shape index (κ3) is 5.45. The minimum atomic E-state index is -0.363. The Morgan fingerprint density at radius 3 is 2.26 bits per heavy atom. The molecule has 230 valence electrons. The van der Waals surface area contributed by atoms with Gasteiger partial charge in [-0.05, 0) is 65.4 Å². The second-order valence-corrected chi connectivity index (χ2v) is 12.3. The fourth-order valence-electron chi connectivity index (χ4n) is 7.06. The molecule has 1 unspecified atom stereocenters. The SMILES string of the molecule is O=C(N[C@H](Cc1c[nH]c2ccccc12)c1nnc(CCc2c[nH]c3ccccc23)n1Cc1cccc2ccccc12)C1CCCN1. The summed E-state index contributed by atoms with van der Waals surface area (Å²) in [7, 11) is 0. The molecule has 1 fully saturated rings. The number of amides is 1. The highest BCUT2D eigenvalue weighted by Gasteiger charge is 2.29. The van der Waals surface area contributed by atoms with Gasteiger partial charge in [-0.25, -0.2) is 0 Å². The zero-order chi connectivity index (χ0) is 30.9. The number of nitrogens with zero attached hydrogens (tertiary/aromatic N) is 3. The molecule has 0 spiro atoms. The van der Waals surface area contributed by atoms with Crippen molar-refractivity contribution in [3.8, 4) is 0 Å². The zero-order valence-corrected chi connectivity index (χ0v) is 25.7. The Morgan fingerprint density at radius 1 is 0.783 bits per heavy atom. The van der Waals surface area contributed by atoms with Crippen LogP contribution in [0.3, 0.4) is 0 Å². The molecule has 4 aromatic carbocycles. The largest absolute Gasteiger partial charge is 0.361 e. The molecule has 1 aliphatic heterocycles. The van der Waals surface area contributed by atoms with Crippen LogP contribution >= 0.6 is 0 Å². The van der Waals surface area contributed by atoms with Gasteiger partial charge in [0.2, 0.25) is 5.91 Å². The summed E-state index contributed by atoms with van der Waals surface area (Å²) in [5.74, 6) is 1.70. The molecule has 0 saturated carbocycles. The smallest absolute Gasteiger partial charge is 0.237 e. The number of aryl methyl sites for hydroxylation is 2. The fourth-order valence-corrected chi connectivity index (χ4v) is 7.06. The molecule has 7 aromatic rings. The lowest BCUT2D eigenvalue weighted by Crippen LogP contribution is -2.43. The molecular weight excluding hydrogens is 570 g/mol. The summed E-state index contributed by atoms with van der Waals surface area (Å²) in [6, 6.07) is 31.1. The van der Waals surface area contributed by atoms with Crippen molar-refractivity contribution in [2.24, 2.45) is 0 Å². The number of rotatable bonds is 10. The fraction of sp³-hybridized carbons (Fsp3) is 0.237. The van der Waals surface area contributed by atoms with Crippen molar-refractivity contribution in [1.29, 1.82) is 0 Å². The summed E-state index contributed by atoms with van der Waals surface area (Å²) in [5, 5.41) is 21.2. The normalized spacial score (nSPS) is 15.6. The molecule has 1 amide bonds. The maximum Gasteiger partial charge on any atom is 0.237 e. The number of nitrogens with one attached hydrogen (secondary N) is 4. The van der Waals surface area contributed by atoms with Crippen LogP contribution in [0.15, 0.2) is 103 Å². The zero-order valence-electron chi connectivity index (χ0n) is 25.7. The van der Waals surface area contributed by atoms with Crippen molar-refractivity contribution in [1.82, 2.24) is 35.4 Å². The van der Waals surface area contributed by atoms with Crippen LogP contribution in [0.5, 0.6) is 0 Å². The van der Waals surface area contributed by atoms with Crippen molar-refractivity contribution in [2.45, 2.75) is 50.7 Å². The standard InChI is InChI=1S/C38H37N7O/c46-38(34-17-8-20-39-34)42-35(21-28-23-41-33-16-6-4-14-31(28)33)37-44-43-36(19-18-26-22-40-32-15-5-3-13-30(26)32)45(37)24-27-11-7-10-25-9-1-2-12-29(25)27/h1-7,9-16,22-23,34-35,39-41H,8,17-21,24H2,(H,42,46)/t34?,35-/m1/s1. The van der Waals surface area contributed by atoms with Gasteiger partial charge in [0.25, 0.3) is 0 Å². The van der Waals surface area contributed by atoms with E-state index in [4.69, 9.17) is 10.2 Å². The van der Waals surface area contributed by atoms with Gasteiger partial charge in [-0.1, -0.05) is 78.9 Å². The van der Waals surface area contributed by atoms with E-state index in [1.54, 1.807) is 0 Å². The molecule has 46 heavy (non-hydrogen) atoms. The summed E-state index contributed by atoms with van der Waals surface area (Å²) in [5.41, 5.74) is 5.81. The number of carbonyl (C=O) groups excluding carboxylic acids is 1. The topological polar surface area (TPSA) is 103 Å². The lowest BCUT2D eigenvalue weighted by atomic mass is 10.0. The molecule has 0 radical (unpaired) electrons. The molecule has 8 rings (SSSR count). The summed E-state index contributed by atoms with van der Waals surface area (Å²) >= 11 is 0. The van der Waals surface area contributed by atoms with Crippen LogP contribution in [-0.2, 0) is 30.6 Å². The molecule has 0 aliphatic carbocycles. The van der Waals surface area contributed by atoms with Gasteiger partial charge in [-0.3, -0.25) is 4.79 Å². The van der Waals surface area contributed by atoms with E-state index in [1.807, 2.05) is 6.07 Å². The Labute approximate surface area is 267 Å². The first-order chi connectivity index (χ1) is 22.7. The highest BCUT2D eigenvalue weighted by molar-refractivity contribution is 5.86. The first-order valence-electron chi connectivity index (χ1n) is 16.2. The van der Waals surface area contributed by atoms with Gasteiger partial charge in [0.15, 0.2) is 5.82 Å². The second-order valence-electron chi connectivity index (χ2n) is 12.3. The number of hydrogen-bond donors (Lipinski definition) is 4. The number of H-pyrrole nitrogens is 2. The Balaban J connectivity index is 1.20. The van der Waals surface area contributed by atoms with Gasteiger partial charge < -0.3 is 25.2 Å². The van der Waals surface area contributed by atoms with E-state index in [0.29, 0.717) is 13.0 Å². The molecule has 4 N–H and O–H groups in total. The van der Waals surface area contributed by atoms with Gasteiger partial charge in [-0.2, -0.15) is 0 Å². The Kier molecular flexibility index (Phi) is 7.56. The third-order valence-electron chi connectivity index (χ3n) is 9.46. The molecule has 0 bridgehead atoms. The minimum absolute atomic E-state index is 0.0161. The van der Waals surface area contributed by atoms with E-state index in [-0.39, 0.29) is 18.0 Å². The summed E-state index contributed by atoms with van der Waals surface area (Å²) < 4.78 is 2.25. The van der Waals surface area contributed by atoms with Crippen molar-refractivity contribution in [3.63, 3.8) is 0 Å². The van der Waals surface area contributed by atoms with Gasteiger partial charge in [0.1, 0.15) is 5.82 Å². The molecule has 4 heterocycles. The van der Waals surface area contributed by atoms with Gasteiger partial charge >= 0.3 is 0 Å². The maximum absolute atomic E-state index is 13.6. The lowest BCUT2D eigenvalue weighted by molar-refractivity contribution is -0.123. The number of fused-ring (bicyclic) bond motifs is 3. The van der Waals surface area contributed by atoms with E-state index >= 15 is 0 Å². The third-order valence-corrected chi connectivity index (χ3v) is 9.46. The van der Waals surface area contributed by atoms with Crippen LogP contribution in [0.4, 0.5) is 0 Å². The number of benzene rings is 4. The van der Waals surface area contributed by atoms with Crippen LogP contribution in [0.2, 0.25) is 0 Å². The first-order valence-corrected chi connectivity index (χ1v) is 16.2. The van der Waals surface area contributed by atoms with E-state index in [0.717, 1.165) is 65.9 Å². The highest BCUT2D eigenvalue weighted by atomic mass is 16.2. The van der Waals surface area contributed by atoms with Crippen LogP contribution < -0.4 is 10.6 Å². The lowest BCUT2D eigenvalue weighted by Gasteiger charge is -2.22. The first kappa shape index (κ1) is 28.3. The summed E-state index contributed by atoms with van der Waals surface area (Å²) in [6.45, 7) is 1.47. The second kappa shape index (κ2) is 12.3.